The summed E-state index contributed by atoms with van der Waals surface area (Å²) >= 11 is 5.61. The molecule has 0 aliphatic rings. The molecule has 0 aromatic carbocycles. The van der Waals surface area contributed by atoms with Crippen molar-refractivity contribution in [2.75, 3.05) is 6.54 Å². The molecule has 1 heterocycles. The first-order chi connectivity index (χ1) is 5.83. The number of aryl methyl sites for hydroxylation is 1. The largest absolute Gasteiger partial charge is 0.330 e. The fraction of sp³-hybridized carbons (Fsp3) is 0.500. The fourth-order valence-corrected chi connectivity index (χ4v) is 1.12. The molecule has 0 radical (unpaired) electrons. The van der Waals surface area contributed by atoms with Crippen molar-refractivity contribution in [2.45, 2.75) is 19.3 Å². The Hall–Kier alpha value is -0.670. The molecule has 2 N–H and O–H groups in total. The van der Waals surface area contributed by atoms with Gasteiger partial charge in [0.15, 0.2) is 0 Å². The summed E-state index contributed by atoms with van der Waals surface area (Å²) in [5, 5.41) is 0.320. The van der Waals surface area contributed by atoms with Crippen LogP contribution in [0.3, 0.4) is 0 Å². The highest BCUT2D eigenvalue weighted by molar-refractivity contribution is 6.28. The Morgan fingerprint density at radius 1 is 1.42 bits per heavy atom. The molecule has 1 aromatic heterocycles. The lowest BCUT2D eigenvalue weighted by Crippen LogP contribution is -2.00. The molecule has 0 aliphatic carbocycles. The van der Waals surface area contributed by atoms with Gasteiger partial charge in [-0.15, -0.1) is 0 Å². The van der Waals surface area contributed by atoms with Gasteiger partial charge in [-0.2, -0.15) is 0 Å². The Kier molecular flexibility index (Phi) is 3.97. The molecular weight excluding hydrogens is 174 g/mol. The minimum absolute atomic E-state index is 0.320. The van der Waals surface area contributed by atoms with Crippen LogP contribution in [0.4, 0.5) is 0 Å². The van der Waals surface area contributed by atoms with E-state index in [1.807, 2.05) is 6.07 Å². The fourth-order valence-electron chi connectivity index (χ4n) is 0.959. The SMILES string of the molecule is NCCCCc1ccnc(Cl)n1. The summed E-state index contributed by atoms with van der Waals surface area (Å²) in [5.74, 6) is 0. The number of halogens is 1. The van der Waals surface area contributed by atoms with E-state index in [1.165, 1.54) is 0 Å². The molecule has 0 amide bonds. The highest BCUT2D eigenvalue weighted by Crippen LogP contribution is 2.04. The molecule has 0 atom stereocenters. The quantitative estimate of drug-likeness (QED) is 0.570. The lowest BCUT2D eigenvalue weighted by molar-refractivity contribution is 0.730. The van der Waals surface area contributed by atoms with Gasteiger partial charge in [-0.3, -0.25) is 0 Å². The predicted octanol–water partition coefficient (Wildman–Crippen LogP) is 1.41. The third-order valence-corrected chi connectivity index (χ3v) is 1.75. The smallest absolute Gasteiger partial charge is 0.222 e. The molecule has 0 fully saturated rings. The molecule has 0 bridgehead atoms. The number of hydrogen-bond acceptors (Lipinski definition) is 3. The van der Waals surface area contributed by atoms with E-state index in [9.17, 15) is 0 Å². The number of unbranched alkanes of at least 4 members (excludes halogenated alkanes) is 1. The zero-order valence-electron chi connectivity index (χ0n) is 6.83. The highest BCUT2D eigenvalue weighted by Gasteiger charge is 1.95. The maximum atomic E-state index is 5.61. The van der Waals surface area contributed by atoms with Gasteiger partial charge in [-0.1, -0.05) is 0 Å². The van der Waals surface area contributed by atoms with Crippen molar-refractivity contribution >= 4 is 11.6 Å². The van der Waals surface area contributed by atoms with Gasteiger partial charge < -0.3 is 5.73 Å². The van der Waals surface area contributed by atoms with Crippen molar-refractivity contribution in [3.05, 3.63) is 23.2 Å². The van der Waals surface area contributed by atoms with Crippen molar-refractivity contribution in [3.8, 4) is 0 Å². The van der Waals surface area contributed by atoms with Gasteiger partial charge in [0.1, 0.15) is 0 Å². The minimum Gasteiger partial charge on any atom is -0.330 e. The predicted molar refractivity (Wildman–Crippen MR) is 49.0 cm³/mol. The van der Waals surface area contributed by atoms with Crippen LogP contribution in [0.1, 0.15) is 18.5 Å². The molecule has 12 heavy (non-hydrogen) atoms. The third kappa shape index (κ3) is 3.15. The number of rotatable bonds is 4. The Labute approximate surface area is 77.0 Å². The average Bonchev–Trinajstić information content (AvgIpc) is 2.05. The van der Waals surface area contributed by atoms with E-state index in [2.05, 4.69) is 9.97 Å². The first kappa shape index (κ1) is 9.42. The molecule has 1 aromatic rings. The van der Waals surface area contributed by atoms with Crippen LogP contribution >= 0.6 is 11.6 Å². The normalized spacial score (nSPS) is 10.2. The zero-order valence-corrected chi connectivity index (χ0v) is 7.59. The molecule has 4 heteroatoms. The van der Waals surface area contributed by atoms with Gasteiger partial charge in [-0.25, -0.2) is 9.97 Å². The Morgan fingerprint density at radius 3 is 2.92 bits per heavy atom. The van der Waals surface area contributed by atoms with Gasteiger partial charge in [0.25, 0.3) is 0 Å². The van der Waals surface area contributed by atoms with E-state index in [-0.39, 0.29) is 0 Å². The molecular formula is C8H12ClN3. The van der Waals surface area contributed by atoms with Crippen molar-refractivity contribution in [3.63, 3.8) is 0 Å². The summed E-state index contributed by atoms with van der Waals surface area (Å²) in [6.07, 6.45) is 4.69. The molecule has 0 aliphatic heterocycles. The Balaban J connectivity index is 2.41. The van der Waals surface area contributed by atoms with Crippen molar-refractivity contribution < 1.29 is 0 Å². The summed E-state index contributed by atoms with van der Waals surface area (Å²) in [7, 11) is 0. The number of aromatic nitrogens is 2. The topological polar surface area (TPSA) is 51.8 Å². The monoisotopic (exact) mass is 185 g/mol. The van der Waals surface area contributed by atoms with E-state index in [0.29, 0.717) is 5.28 Å². The minimum atomic E-state index is 0.320. The van der Waals surface area contributed by atoms with Crippen LogP contribution in [0, 0.1) is 0 Å². The molecule has 66 valence electrons. The number of hydrogen-bond donors (Lipinski definition) is 1. The van der Waals surface area contributed by atoms with E-state index >= 15 is 0 Å². The van der Waals surface area contributed by atoms with Gasteiger partial charge in [0.2, 0.25) is 5.28 Å². The Morgan fingerprint density at radius 2 is 2.25 bits per heavy atom. The maximum absolute atomic E-state index is 5.61. The van der Waals surface area contributed by atoms with E-state index in [0.717, 1.165) is 31.5 Å². The van der Waals surface area contributed by atoms with E-state index < -0.39 is 0 Å². The van der Waals surface area contributed by atoms with Crippen molar-refractivity contribution in [1.82, 2.24) is 9.97 Å². The van der Waals surface area contributed by atoms with E-state index in [1.54, 1.807) is 6.20 Å². The van der Waals surface area contributed by atoms with Crippen LogP contribution in [0.2, 0.25) is 5.28 Å². The molecule has 0 spiro atoms. The zero-order chi connectivity index (χ0) is 8.81. The summed E-state index contributed by atoms with van der Waals surface area (Å²) in [5.41, 5.74) is 6.35. The molecule has 0 unspecified atom stereocenters. The lowest BCUT2D eigenvalue weighted by atomic mass is 10.2. The van der Waals surface area contributed by atoms with Gasteiger partial charge in [-0.05, 0) is 43.5 Å². The number of nitrogens with two attached hydrogens (primary N) is 1. The van der Waals surface area contributed by atoms with Crippen molar-refractivity contribution in [1.29, 1.82) is 0 Å². The summed E-state index contributed by atoms with van der Waals surface area (Å²) < 4.78 is 0. The summed E-state index contributed by atoms with van der Waals surface area (Å²) in [6, 6.07) is 1.88. The summed E-state index contributed by atoms with van der Waals surface area (Å²) in [4.78, 5) is 7.86. The summed E-state index contributed by atoms with van der Waals surface area (Å²) in [6.45, 7) is 0.735. The number of nitrogens with zero attached hydrogens (tertiary/aromatic N) is 2. The highest BCUT2D eigenvalue weighted by atomic mass is 35.5. The standard InChI is InChI=1S/C8H12ClN3/c9-8-11-6-4-7(12-8)3-1-2-5-10/h4,6H,1-3,5,10H2. The molecule has 1 rings (SSSR count). The average molecular weight is 186 g/mol. The van der Waals surface area contributed by atoms with E-state index in [4.69, 9.17) is 17.3 Å². The maximum Gasteiger partial charge on any atom is 0.222 e. The first-order valence-electron chi connectivity index (χ1n) is 4.00. The lowest BCUT2D eigenvalue weighted by Gasteiger charge is -1.98. The van der Waals surface area contributed by atoms with Crippen molar-refractivity contribution in [2.24, 2.45) is 5.73 Å². The first-order valence-corrected chi connectivity index (χ1v) is 4.38. The molecule has 0 saturated heterocycles. The van der Waals surface area contributed by atoms with Gasteiger partial charge in [0.05, 0.1) is 0 Å². The van der Waals surface area contributed by atoms with Crippen LogP contribution < -0.4 is 5.73 Å². The van der Waals surface area contributed by atoms with Crippen LogP contribution in [-0.4, -0.2) is 16.5 Å². The van der Waals surface area contributed by atoms with Gasteiger partial charge >= 0.3 is 0 Å². The second-order valence-electron chi connectivity index (χ2n) is 2.56. The van der Waals surface area contributed by atoms with Crippen LogP contribution in [0.15, 0.2) is 12.3 Å². The van der Waals surface area contributed by atoms with Crippen LogP contribution in [-0.2, 0) is 6.42 Å². The second kappa shape index (κ2) is 5.06. The Bertz CT molecular complexity index is 239. The van der Waals surface area contributed by atoms with Crippen LogP contribution in [0.5, 0.6) is 0 Å². The van der Waals surface area contributed by atoms with Gasteiger partial charge in [0, 0.05) is 11.9 Å². The third-order valence-electron chi connectivity index (χ3n) is 1.57. The molecule has 3 nitrogen and oxygen atoms in total. The second-order valence-corrected chi connectivity index (χ2v) is 2.90. The molecule has 0 saturated carbocycles. The van der Waals surface area contributed by atoms with Crippen LogP contribution in [0.25, 0.3) is 0 Å².